The molecule has 1 aromatic carbocycles. The fourth-order valence-corrected chi connectivity index (χ4v) is 2.73. The molecule has 0 spiro atoms. The summed E-state index contributed by atoms with van der Waals surface area (Å²) >= 11 is 3.13. The maximum Gasteiger partial charge on any atom is 0.287 e. The van der Waals surface area contributed by atoms with Crippen molar-refractivity contribution >= 4 is 31.7 Å². The Morgan fingerprint density at radius 2 is 1.81 bits per heavy atom. The molecule has 0 saturated carbocycles. The Morgan fingerprint density at radius 3 is 2.29 bits per heavy atom. The molecule has 0 bridgehead atoms. The Bertz CT molecular complexity index is 750. The number of carbonyl (C=O) groups is 1. The predicted molar refractivity (Wildman–Crippen MR) is 81.8 cm³/mol. The van der Waals surface area contributed by atoms with E-state index in [-0.39, 0.29) is 22.6 Å². The zero-order valence-electron chi connectivity index (χ0n) is 11.5. The first-order chi connectivity index (χ1) is 9.77. The maximum atomic E-state index is 11.9. The number of amides is 1. The number of benzene rings is 1. The second-order valence-corrected chi connectivity index (χ2v) is 7.44. The van der Waals surface area contributed by atoms with E-state index in [0.717, 1.165) is 11.8 Å². The normalized spacial score (nSPS) is 12.9. The van der Waals surface area contributed by atoms with E-state index in [2.05, 4.69) is 21.2 Å². The Balaban J connectivity index is 2.10. The van der Waals surface area contributed by atoms with Crippen LogP contribution in [-0.4, -0.2) is 20.6 Å². The second-order valence-electron chi connectivity index (χ2n) is 4.64. The molecule has 1 aromatic heterocycles. The molecule has 7 heteroatoms. The molecule has 1 amide bonds. The third kappa shape index (κ3) is 3.95. The van der Waals surface area contributed by atoms with Gasteiger partial charge in [-0.2, -0.15) is 0 Å². The number of furan rings is 1. The molecule has 1 atom stereocenters. The molecule has 0 aliphatic carbocycles. The van der Waals surface area contributed by atoms with Gasteiger partial charge in [-0.25, -0.2) is 8.42 Å². The molecule has 0 saturated heterocycles. The van der Waals surface area contributed by atoms with Gasteiger partial charge in [0.1, 0.15) is 0 Å². The van der Waals surface area contributed by atoms with Crippen molar-refractivity contribution in [3.63, 3.8) is 0 Å². The highest BCUT2D eigenvalue weighted by molar-refractivity contribution is 9.10. The summed E-state index contributed by atoms with van der Waals surface area (Å²) in [5, 5.41) is 2.78. The number of sulfone groups is 1. The first-order valence-corrected chi connectivity index (χ1v) is 8.82. The molecule has 112 valence electrons. The van der Waals surface area contributed by atoms with Gasteiger partial charge < -0.3 is 9.73 Å². The van der Waals surface area contributed by atoms with Crippen molar-refractivity contribution in [3.05, 3.63) is 52.4 Å². The SMILES string of the molecule is CC(NC(=O)c1ccc(Br)o1)c1ccc(S(C)(=O)=O)cc1. The zero-order valence-corrected chi connectivity index (χ0v) is 13.9. The largest absolute Gasteiger partial charge is 0.444 e. The smallest absolute Gasteiger partial charge is 0.287 e. The van der Waals surface area contributed by atoms with Crippen molar-refractivity contribution in [1.82, 2.24) is 5.32 Å². The molecule has 0 aliphatic rings. The Kier molecular flexibility index (Phi) is 4.53. The van der Waals surface area contributed by atoms with Gasteiger partial charge >= 0.3 is 0 Å². The van der Waals surface area contributed by atoms with Crippen molar-refractivity contribution in [2.45, 2.75) is 17.9 Å². The molecule has 0 radical (unpaired) electrons. The number of hydrogen-bond acceptors (Lipinski definition) is 4. The van der Waals surface area contributed by atoms with Crippen molar-refractivity contribution in [1.29, 1.82) is 0 Å². The van der Waals surface area contributed by atoms with Gasteiger partial charge in [0, 0.05) is 6.26 Å². The van der Waals surface area contributed by atoms with E-state index in [1.807, 2.05) is 6.92 Å². The Labute approximate surface area is 131 Å². The lowest BCUT2D eigenvalue weighted by molar-refractivity contribution is 0.0910. The van der Waals surface area contributed by atoms with Crippen LogP contribution in [0.2, 0.25) is 0 Å². The van der Waals surface area contributed by atoms with Crippen molar-refractivity contribution in [2.75, 3.05) is 6.26 Å². The summed E-state index contributed by atoms with van der Waals surface area (Å²) < 4.78 is 28.4. The number of carbonyl (C=O) groups excluding carboxylic acids is 1. The lowest BCUT2D eigenvalue weighted by Crippen LogP contribution is -2.26. The van der Waals surface area contributed by atoms with Crippen molar-refractivity contribution in [2.24, 2.45) is 0 Å². The molecule has 21 heavy (non-hydrogen) atoms. The van der Waals surface area contributed by atoms with E-state index in [0.29, 0.717) is 4.67 Å². The Morgan fingerprint density at radius 1 is 1.19 bits per heavy atom. The molecule has 0 aliphatic heterocycles. The summed E-state index contributed by atoms with van der Waals surface area (Å²) in [7, 11) is -3.22. The van der Waals surface area contributed by atoms with E-state index >= 15 is 0 Å². The first kappa shape index (κ1) is 15.8. The topological polar surface area (TPSA) is 76.4 Å². The van der Waals surface area contributed by atoms with Crippen LogP contribution in [0.4, 0.5) is 0 Å². The standard InChI is InChI=1S/C14H14BrNO4S/c1-9(16-14(17)12-7-8-13(15)20-12)10-3-5-11(6-4-10)21(2,18)19/h3-9H,1-2H3,(H,16,17). The summed E-state index contributed by atoms with van der Waals surface area (Å²) in [6.45, 7) is 1.81. The molecular weight excluding hydrogens is 358 g/mol. The van der Waals surface area contributed by atoms with Gasteiger partial charge in [0.15, 0.2) is 20.3 Å². The summed E-state index contributed by atoms with van der Waals surface area (Å²) in [4.78, 5) is 12.2. The van der Waals surface area contributed by atoms with Gasteiger partial charge in [0.25, 0.3) is 5.91 Å². The van der Waals surface area contributed by atoms with Crippen molar-refractivity contribution in [3.8, 4) is 0 Å². The summed E-state index contributed by atoms with van der Waals surface area (Å²) in [6.07, 6.45) is 1.15. The monoisotopic (exact) mass is 371 g/mol. The predicted octanol–water partition coefficient (Wildman–Crippen LogP) is 2.94. The molecule has 5 nitrogen and oxygen atoms in total. The van der Waals surface area contributed by atoms with Crippen LogP contribution < -0.4 is 5.32 Å². The summed E-state index contributed by atoms with van der Waals surface area (Å²) in [5.74, 6) is -0.123. The molecule has 0 fully saturated rings. The van der Waals surface area contributed by atoms with E-state index in [4.69, 9.17) is 4.42 Å². The second kappa shape index (κ2) is 6.03. The summed E-state index contributed by atoms with van der Waals surface area (Å²) in [5.41, 5.74) is 0.807. The van der Waals surface area contributed by atoms with Crippen LogP contribution in [0.15, 0.2) is 50.4 Å². The highest BCUT2D eigenvalue weighted by Crippen LogP contribution is 2.18. The van der Waals surface area contributed by atoms with Crippen molar-refractivity contribution < 1.29 is 17.6 Å². The quantitative estimate of drug-likeness (QED) is 0.895. The minimum Gasteiger partial charge on any atom is -0.444 e. The highest BCUT2D eigenvalue weighted by Gasteiger charge is 2.15. The fourth-order valence-electron chi connectivity index (χ4n) is 1.79. The van der Waals surface area contributed by atoms with E-state index in [9.17, 15) is 13.2 Å². The van der Waals surface area contributed by atoms with Crippen LogP contribution >= 0.6 is 15.9 Å². The van der Waals surface area contributed by atoms with Crippen LogP contribution in [0.25, 0.3) is 0 Å². The third-order valence-corrected chi connectivity index (χ3v) is 4.51. The van der Waals surface area contributed by atoms with E-state index < -0.39 is 9.84 Å². The summed E-state index contributed by atoms with van der Waals surface area (Å²) in [6, 6.07) is 9.35. The third-order valence-electron chi connectivity index (χ3n) is 2.95. The van der Waals surface area contributed by atoms with E-state index in [1.165, 1.54) is 12.1 Å². The van der Waals surface area contributed by atoms with Crippen LogP contribution in [0.5, 0.6) is 0 Å². The van der Waals surface area contributed by atoms with Gasteiger partial charge in [-0.15, -0.1) is 0 Å². The maximum absolute atomic E-state index is 11.9. The van der Waals surface area contributed by atoms with E-state index in [1.54, 1.807) is 24.3 Å². The molecular formula is C14H14BrNO4S. The first-order valence-electron chi connectivity index (χ1n) is 6.13. The zero-order chi connectivity index (χ0) is 15.6. The minimum atomic E-state index is -3.22. The average molecular weight is 372 g/mol. The molecule has 2 rings (SSSR count). The molecule has 1 N–H and O–H groups in total. The Hall–Kier alpha value is -1.60. The highest BCUT2D eigenvalue weighted by atomic mass is 79.9. The number of rotatable bonds is 4. The van der Waals surface area contributed by atoms with Crippen LogP contribution in [0.1, 0.15) is 29.1 Å². The fraction of sp³-hybridized carbons (Fsp3) is 0.214. The average Bonchev–Trinajstić information content (AvgIpc) is 2.84. The molecule has 2 aromatic rings. The minimum absolute atomic E-state index is 0.210. The van der Waals surface area contributed by atoms with Crippen LogP contribution in [0, 0.1) is 0 Å². The van der Waals surface area contributed by atoms with Gasteiger partial charge in [0.2, 0.25) is 0 Å². The molecule has 1 heterocycles. The van der Waals surface area contributed by atoms with Gasteiger partial charge in [-0.05, 0) is 52.7 Å². The number of halogens is 1. The van der Waals surface area contributed by atoms with Crippen LogP contribution in [-0.2, 0) is 9.84 Å². The van der Waals surface area contributed by atoms with Gasteiger partial charge in [0.05, 0.1) is 10.9 Å². The molecule has 1 unspecified atom stereocenters. The lowest BCUT2D eigenvalue weighted by Gasteiger charge is -2.13. The number of nitrogens with one attached hydrogen (secondary N) is 1. The van der Waals surface area contributed by atoms with Crippen LogP contribution in [0.3, 0.4) is 0 Å². The van der Waals surface area contributed by atoms with Gasteiger partial charge in [-0.1, -0.05) is 12.1 Å². The lowest BCUT2D eigenvalue weighted by atomic mass is 10.1. The number of hydrogen-bond donors (Lipinski definition) is 1. The van der Waals surface area contributed by atoms with Gasteiger partial charge in [-0.3, -0.25) is 4.79 Å².